The molecular formula is C18H16N2O. The van der Waals surface area contributed by atoms with Gasteiger partial charge in [-0.05, 0) is 35.7 Å². The molecule has 2 N–H and O–H groups in total. The highest BCUT2D eigenvalue weighted by molar-refractivity contribution is 5.94. The molecule has 2 aromatic rings. The molecule has 0 fully saturated rings. The van der Waals surface area contributed by atoms with Crippen LogP contribution in [0.25, 0.3) is 0 Å². The Hall–Kier alpha value is -2.73. The maximum atomic E-state index is 12.2. The normalized spacial score (nSPS) is 13.0. The summed E-state index contributed by atoms with van der Waals surface area (Å²) < 4.78 is 0. The summed E-state index contributed by atoms with van der Waals surface area (Å²) >= 11 is 0. The van der Waals surface area contributed by atoms with Gasteiger partial charge in [0.25, 0.3) is 5.91 Å². The van der Waals surface area contributed by atoms with Crippen molar-refractivity contribution in [1.29, 1.82) is 0 Å². The molecule has 0 unspecified atom stereocenters. The lowest BCUT2D eigenvalue weighted by atomic mass is 9.98. The van der Waals surface area contributed by atoms with Crippen molar-refractivity contribution < 1.29 is 4.79 Å². The largest absolute Gasteiger partial charge is 0.398 e. The van der Waals surface area contributed by atoms with Gasteiger partial charge in [-0.2, -0.15) is 0 Å². The van der Waals surface area contributed by atoms with Crippen LogP contribution in [0.1, 0.15) is 16.7 Å². The first-order valence-corrected chi connectivity index (χ1v) is 6.96. The number of nitrogen functional groups attached to an aromatic ring is 1. The van der Waals surface area contributed by atoms with Crippen molar-refractivity contribution in [2.45, 2.75) is 13.0 Å². The molecule has 0 saturated heterocycles. The first-order chi connectivity index (χ1) is 10.2. The summed E-state index contributed by atoms with van der Waals surface area (Å²) in [7, 11) is 0. The molecular weight excluding hydrogens is 260 g/mol. The van der Waals surface area contributed by atoms with Gasteiger partial charge in [-0.3, -0.25) is 4.79 Å². The highest BCUT2D eigenvalue weighted by Crippen LogP contribution is 2.24. The maximum absolute atomic E-state index is 12.2. The van der Waals surface area contributed by atoms with E-state index in [1.165, 1.54) is 5.56 Å². The molecule has 104 valence electrons. The molecule has 21 heavy (non-hydrogen) atoms. The monoisotopic (exact) mass is 276 g/mol. The van der Waals surface area contributed by atoms with Gasteiger partial charge in [-0.1, -0.05) is 36.3 Å². The van der Waals surface area contributed by atoms with E-state index in [2.05, 4.69) is 17.9 Å². The third-order valence-electron chi connectivity index (χ3n) is 3.68. The summed E-state index contributed by atoms with van der Waals surface area (Å²) in [5.74, 6) is 5.48. The van der Waals surface area contributed by atoms with Crippen molar-refractivity contribution in [2.24, 2.45) is 0 Å². The average molecular weight is 276 g/mol. The second-order valence-corrected chi connectivity index (χ2v) is 5.08. The predicted octanol–water partition coefficient (Wildman–Crippen LogP) is 2.21. The summed E-state index contributed by atoms with van der Waals surface area (Å²) in [6, 6.07) is 15.4. The number of hydrogen-bond donors (Lipinski definition) is 1. The van der Waals surface area contributed by atoms with Crippen LogP contribution in [-0.2, 0) is 17.8 Å². The quantitative estimate of drug-likeness (QED) is 0.592. The van der Waals surface area contributed by atoms with Gasteiger partial charge in [0.15, 0.2) is 0 Å². The zero-order valence-electron chi connectivity index (χ0n) is 11.7. The minimum atomic E-state index is -0.146. The number of nitrogens with zero attached hydrogens (tertiary/aromatic N) is 1. The molecule has 3 rings (SSSR count). The van der Waals surface area contributed by atoms with Crippen LogP contribution < -0.4 is 5.73 Å². The van der Waals surface area contributed by atoms with Crippen molar-refractivity contribution in [3.63, 3.8) is 0 Å². The fraction of sp³-hybridized carbons (Fsp3) is 0.167. The van der Waals surface area contributed by atoms with Gasteiger partial charge >= 0.3 is 0 Å². The van der Waals surface area contributed by atoms with E-state index >= 15 is 0 Å². The van der Waals surface area contributed by atoms with E-state index in [9.17, 15) is 4.79 Å². The van der Waals surface area contributed by atoms with E-state index in [0.29, 0.717) is 13.1 Å². The molecule has 0 spiro atoms. The molecule has 1 heterocycles. The standard InChI is InChI=1S/C18H16N2O/c19-17-8-4-7-15-11-12-20(13-16(15)17)18(21)10-9-14-5-2-1-3-6-14/h1-8H,11-13,19H2. The Morgan fingerprint density at radius 3 is 2.71 bits per heavy atom. The molecule has 1 amide bonds. The Morgan fingerprint density at radius 2 is 1.90 bits per heavy atom. The summed E-state index contributed by atoms with van der Waals surface area (Å²) in [6.07, 6.45) is 0.832. The maximum Gasteiger partial charge on any atom is 0.299 e. The van der Waals surface area contributed by atoms with Crippen LogP contribution in [0.2, 0.25) is 0 Å². The number of anilines is 1. The van der Waals surface area contributed by atoms with E-state index < -0.39 is 0 Å². The van der Waals surface area contributed by atoms with Gasteiger partial charge in [0.2, 0.25) is 0 Å². The van der Waals surface area contributed by atoms with E-state index in [0.717, 1.165) is 23.2 Å². The summed E-state index contributed by atoms with van der Waals surface area (Å²) in [4.78, 5) is 14.0. The number of rotatable bonds is 0. The number of hydrogen-bond acceptors (Lipinski definition) is 2. The molecule has 0 radical (unpaired) electrons. The third-order valence-corrected chi connectivity index (χ3v) is 3.68. The van der Waals surface area contributed by atoms with E-state index in [4.69, 9.17) is 5.73 Å². The molecule has 3 nitrogen and oxygen atoms in total. The smallest absolute Gasteiger partial charge is 0.299 e. The number of carbonyl (C=O) groups is 1. The lowest BCUT2D eigenvalue weighted by molar-refractivity contribution is -0.125. The van der Waals surface area contributed by atoms with Gasteiger partial charge in [0.1, 0.15) is 0 Å². The molecule has 1 aliphatic heterocycles. The second kappa shape index (κ2) is 5.72. The Balaban J connectivity index is 1.76. The lowest BCUT2D eigenvalue weighted by Crippen LogP contribution is -2.35. The van der Waals surface area contributed by atoms with Crippen LogP contribution in [0, 0.1) is 11.8 Å². The Bertz CT molecular complexity index is 726. The molecule has 2 aromatic carbocycles. The fourth-order valence-corrected chi connectivity index (χ4v) is 2.51. The third kappa shape index (κ3) is 2.90. The first kappa shape index (κ1) is 13.3. The minimum absolute atomic E-state index is 0.146. The molecule has 0 aromatic heterocycles. The highest BCUT2D eigenvalue weighted by atomic mass is 16.2. The minimum Gasteiger partial charge on any atom is -0.398 e. The summed E-state index contributed by atoms with van der Waals surface area (Å²) in [5, 5.41) is 0. The number of benzene rings is 2. The fourth-order valence-electron chi connectivity index (χ4n) is 2.51. The van der Waals surface area contributed by atoms with Crippen LogP contribution in [0.3, 0.4) is 0 Å². The van der Waals surface area contributed by atoms with E-state index in [1.807, 2.05) is 42.5 Å². The second-order valence-electron chi connectivity index (χ2n) is 5.08. The molecule has 1 aliphatic rings. The van der Waals surface area contributed by atoms with Crippen LogP contribution >= 0.6 is 0 Å². The van der Waals surface area contributed by atoms with Gasteiger partial charge in [0.05, 0.1) is 0 Å². The Kier molecular flexibility index (Phi) is 3.61. The lowest BCUT2D eigenvalue weighted by Gasteiger charge is -2.28. The zero-order valence-corrected chi connectivity index (χ0v) is 11.7. The Labute approximate surface area is 124 Å². The van der Waals surface area contributed by atoms with E-state index in [1.54, 1.807) is 4.90 Å². The van der Waals surface area contributed by atoms with Crippen LogP contribution in [0.4, 0.5) is 5.69 Å². The van der Waals surface area contributed by atoms with Gasteiger partial charge < -0.3 is 10.6 Å². The number of fused-ring (bicyclic) bond motifs is 1. The van der Waals surface area contributed by atoms with Gasteiger partial charge in [-0.15, -0.1) is 0 Å². The van der Waals surface area contributed by atoms with E-state index in [-0.39, 0.29) is 5.91 Å². The van der Waals surface area contributed by atoms with Crippen molar-refractivity contribution in [3.8, 4) is 11.8 Å². The van der Waals surface area contributed by atoms with Crippen LogP contribution in [0.5, 0.6) is 0 Å². The average Bonchev–Trinajstić information content (AvgIpc) is 2.54. The van der Waals surface area contributed by atoms with Crippen LogP contribution in [-0.4, -0.2) is 17.4 Å². The Morgan fingerprint density at radius 1 is 1.10 bits per heavy atom. The number of amides is 1. The van der Waals surface area contributed by atoms with Gasteiger partial charge in [-0.25, -0.2) is 0 Å². The SMILES string of the molecule is Nc1cccc2c1CN(C(=O)C#Cc1ccccc1)CC2. The van der Waals surface area contributed by atoms with Crippen molar-refractivity contribution >= 4 is 11.6 Å². The molecule has 0 bridgehead atoms. The van der Waals surface area contributed by atoms with Gasteiger partial charge in [0, 0.05) is 30.3 Å². The predicted molar refractivity (Wildman–Crippen MR) is 83.3 cm³/mol. The van der Waals surface area contributed by atoms with Crippen molar-refractivity contribution in [3.05, 3.63) is 65.2 Å². The highest BCUT2D eigenvalue weighted by Gasteiger charge is 2.20. The molecule has 0 aliphatic carbocycles. The number of carbonyl (C=O) groups excluding carboxylic acids is 1. The van der Waals surface area contributed by atoms with Crippen LogP contribution in [0.15, 0.2) is 48.5 Å². The topological polar surface area (TPSA) is 46.3 Å². The molecule has 0 atom stereocenters. The van der Waals surface area contributed by atoms with Crippen molar-refractivity contribution in [2.75, 3.05) is 12.3 Å². The first-order valence-electron chi connectivity index (χ1n) is 6.96. The number of nitrogens with two attached hydrogens (primary N) is 1. The summed E-state index contributed by atoms with van der Waals surface area (Å²) in [5.41, 5.74) is 9.88. The van der Waals surface area contributed by atoms with Crippen molar-refractivity contribution in [1.82, 2.24) is 4.90 Å². The zero-order chi connectivity index (χ0) is 14.7. The summed E-state index contributed by atoms with van der Waals surface area (Å²) in [6.45, 7) is 1.24. The molecule has 3 heteroatoms. The molecule has 0 saturated carbocycles.